The predicted molar refractivity (Wildman–Crippen MR) is 76.7 cm³/mol. The summed E-state index contributed by atoms with van der Waals surface area (Å²) in [6, 6.07) is 6.08. The summed E-state index contributed by atoms with van der Waals surface area (Å²) in [5.41, 5.74) is 6.80. The highest BCUT2D eigenvalue weighted by atomic mass is 32.2. The van der Waals surface area contributed by atoms with Crippen LogP contribution in [0, 0.1) is 0 Å². The monoisotopic (exact) mass is 267 g/mol. The number of rotatable bonds is 5. The van der Waals surface area contributed by atoms with Gasteiger partial charge in [-0.25, -0.2) is 0 Å². The maximum atomic E-state index is 6.08. The second-order valence-electron chi connectivity index (χ2n) is 4.48. The fraction of sp³-hybridized carbons (Fsp3) is 0.571. The lowest BCUT2D eigenvalue weighted by molar-refractivity contribution is 0.202. The van der Waals surface area contributed by atoms with Crippen molar-refractivity contribution in [2.75, 3.05) is 25.2 Å². The summed E-state index contributed by atoms with van der Waals surface area (Å²) < 4.78 is 11.4. The molecule has 1 heterocycles. The van der Waals surface area contributed by atoms with Crippen LogP contribution < -0.4 is 15.2 Å². The van der Waals surface area contributed by atoms with Crippen molar-refractivity contribution in [3.63, 3.8) is 0 Å². The smallest absolute Gasteiger partial charge is 0.161 e. The number of hydrogen-bond donors (Lipinski definition) is 1. The van der Waals surface area contributed by atoms with Crippen LogP contribution in [0.4, 0.5) is 0 Å². The Morgan fingerprint density at radius 3 is 2.94 bits per heavy atom. The largest absolute Gasteiger partial charge is 0.493 e. The highest BCUT2D eigenvalue weighted by Gasteiger charge is 2.17. The maximum Gasteiger partial charge on any atom is 0.161 e. The molecule has 1 aliphatic rings. The first-order valence-corrected chi connectivity index (χ1v) is 7.60. The molecule has 4 heteroatoms. The molecule has 1 aromatic carbocycles. The van der Waals surface area contributed by atoms with Crippen molar-refractivity contribution < 1.29 is 9.47 Å². The van der Waals surface area contributed by atoms with Crippen molar-refractivity contribution in [1.29, 1.82) is 0 Å². The molecule has 3 nitrogen and oxygen atoms in total. The van der Waals surface area contributed by atoms with E-state index >= 15 is 0 Å². The van der Waals surface area contributed by atoms with Crippen LogP contribution in [-0.2, 0) is 6.42 Å². The second kappa shape index (κ2) is 6.90. The van der Waals surface area contributed by atoms with Gasteiger partial charge in [-0.1, -0.05) is 6.07 Å². The Balaban J connectivity index is 2.09. The Bertz CT molecular complexity index is 378. The average Bonchev–Trinajstić information content (AvgIpc) is 2.41. The van der Waals surface area contributed by atoms with Crippen LogP contribution in [0.5, 0.6) is 11.5 Å². The maximum absolute atomic E-state index is 6.08. The highest BCUT2D eigenvalue weighted by molar-refractivity contribution is 7.99. The van der Waals surface area contributed by atoms with Crippen LogP contribution >= 0.6 is 11.8 Å². The van der Waals surface area contributed by atoms with Crippen LogP contribution in [0.3, 0.4) is 0 Å². The molecule has 1 aliphatic heterocycles. The Hall–Kier alpha value is -0.870. The summed E-state index contributed by atoms with van der Waals surface area (Å²) in [5.74, 6) is 4.00. The summed E-state index contributed by atoms with van der Waals surface area (Å²) >= 11 is 1.96. The quantitative estimate of drug-likeness (QED) is 0.890. The first-order valence-electron chi connectivity index (χ1n) is 6.45. The van der Waals surface area contributed by atoms with Gasteiger partial charge in [-0.05, 0) is 49.3 Å². The van der Waals surface area contributed by atoms with Crippen molar-refractivity contribution in [2.24, 2.45) is 5.73 Å². The van der Waals surface area contributed by atoms with Gasteiger partial charge in [0.25, 0.3) is 0 Å². The van der Waals surface area contributed by atoms with Gasteiger partial charge < -0.3 is 15.2 Å². The lowest BCUT2D eigenvalue weighted by Crippen LogP contribution is -2.23. The van der Waals surface area contributed by atoms with Crippen LogP contribution in [0.2, 0.25) is 0 Å². The summed E-state index contributed by atoms with van der Waals surface area (Å²) in [4.78, 5) is 0. The molecule has 0 bridgehead atoms. The average molecular weight is 267 g/mol. The Morgan fingerprint density at radius 1 is 1.39 bits per heavy atom. The third-order valence-corrected chi connectivity index (χ3v) is 4.26. The first kappa shape index (κ1) is 13.6. The molecule has 0 spiro atoms. The minimum absolute atomic E-state index is 0.311. The molecule has 0 saturated carbocycles. The van der Waals surface area contributed by atoms with Crippen molar-refractivity contribution >= 4 is 11.8 Å². The standard InChI is InChI=1S/C14H21NO2S/c1-16-13-5-4-11(6-7-15)9-14(13)17-12-3-2-8-18-10-12/h4-5,9,12H,2-3,6-8,10,15H2,1H3. The molecule has 1 fully saturated rings. The molecule has 2 rings (SSSR count). The van der Waals surface area contributed by atoms with E-state index in [4.69, 9.17) is 15.2 Å². The normalized spacial score (nSPS) is 19.6. The zero-order chi connectivity index (χ0) is 12.8. The minimum atomic E-state index is 0.311. The Morgan fingerprint density at radius 2 is 2.28 bits per heavy atom. The summed E-state index contributed by atoms with van der Waals surface area (Å²) in [7, 11) is 1.68. The van der Waals surface area contributed by atoms with E-state index < -0.39 is 0 Å². The molecule has 1 saturated heterocycles. The molecule has 100 valence electrons. The number of methoxy groups -OCH3 is 1. The highest BCUT2D eigenvalue weighted by Crippen LogP contribution is 2.31. The number of ether oxygens (including phenoxy) is 2. The van der Waals surface area contributed by atoms with E-state index in [0.29, 0.717) is 12.6 Å². The zero-order valence-corrected chi connectivity index (χ0v) is 11.7. The third kappa shape index (κ3) is 3.56. The van der Waals surface area contributed by atoms with E-state index in [1.54, 1.807) is 7.11 Å². The van der Waals surface area contributed by atoms with E-state index in [1.165, 1.54) is 17.7 Å². The fourth-order valence-electron chi connectivity index (χ4n) is 2.12. The molecular weight excluding hydrogens is 246 g/mol. The van der Waals surface area contributed by atoms with E-state index in [0.717, 1.165) is 30.1 Å². The summed E-state index contributed by atoms with van der Waals surface area (Å²) in [6.45, 7) is 0.658. The molecule has 0 aromatic heterocycles. The van der Waals surface area contributed by atoms with E-state index in [-0.39, 0.29) is 0 Å². The molecule has 1 unspecified atom stereocenters. The van der Waals surface area contributed by atoms with Crippen LogP contribution in [0.15, 0.2) is 18.2 Å². The van der Waals surface area contributed by atoms with Crippen molar-refractivity contribution in [1.82, 2.24) is 0 Å². The van der Waals surface area contributed by atoms with Crippen molar-refractivity contribution in [2.45, 2.75) is 25.4 Å². The van der Waals surface area contributed by atoms with Gasteiger partial charge >= 0.3 is 0 Å². The topological polar surface area (TPSA) is 44.5 Å². The summed E-state index contributed by atoms with van der Waals surface area (Å²) in [6.07, 6.45) is 3.56. The van der Waals surface area contributed by atoms with Crippen molar-refractivity contribution in [3.05, 3.63) is 23.8 Å². The van der Waals surface area contributed by atoms with Gasteiger partial charge in [0, 0.05) is 5.75 Å². The van der Waals surface area contributed by atoms with Gasteiger partial charge in [0.15, 0.2) is 11.5 Å². The van der Waals surface area contributed by atoms with Gasteiger partial charge in [-0.2, -0.15) is 11.8 Å². The minimum Gasteiger partial charge on any atom is -0.493 e. The zero-order valence-electron chi connectivity index (χ0n) is 10.9. The van der Waals surface area contributed by atoms with Gasteiger partial charge in [-0.3, -0.25) is 0 Å². The van der Waals surface area contributed by atoms with Crippen LogP contribution in [0.1, 0.15) is 18.4 Å². The second-order valence-corrected chi connectivity index (χ2v) is 5.63. The molecule has 1 aromatic rings. The van der Waals surface area contributed by atoms with E-state index in [9.17, 15) is 0 Å². The predicted octanol–water partition coefficient (Wildman–Crippen LogP) is 2.47. The van der Waals surface area contributed by atoms with Crippen molar-refractivity contribution in [3.8, 4) is 11.5 Å². The number of nitrogens with two attached hydrogens (primary N) is 1. The first-order chi connectivity index (χ1) is 8.83. The Labute approximate surface area is 113 Å². The molecular formula is C14H21NO2S. The third-order valence-electron chi connectivity index (χ3n) is 3.07. The van der Waals surface area contributed by atoms with Gasteiger partial charge in [-0.15, -0.1) is 0 Å². The number of thioether (sulfide) groups is 1. The van der Waals surface area contributed by atoms with Crippen LogP contribution in [0.25, 0.3) is 0 Å². The molecule has 18 heavy (non-hydrogen) atoms. The number of benzene rings is 1. The Kier molecular flexibility index (Phi) is 5.20. The molecule has 1 atom stereocenters. The van der Waals surface area contributed by atoms with Crippen LogP contribution in [-0.4, -0.2) is 31.3 Å². The number of hydrogen-bond acceptors (Lipinski definition) is 4. The van der Waals surface area contributed by atoms with E-state index in [1.807, 2.05) is 23.9 Å². The SMILES string of the molecule is COc1ccc(CCN)cc1OC1CCCSC1. The lowest BCUT2D eigenvalue weighted by Gasteiger charge is -2.24. The van der Waals surface area contributed by atoms with Gasteiger partial charge in [0.1, 0.15) is 6.10 Å². The fourth-order valence-corrected chi connectivity index (χ4v) is 3.15. The van der Waals surface area contributed by atoms with Gasteiger partial charge in [0.05, 0.1) is 7.11 Å². The lowest BCUT2D eigenvalue weighted by atomic mass is 10.1. The van der Waals surface area contributed by atoms with Gasteiger partial charge in [0.2, 0.25) is 0 Å². The molecule has 0 aliphatic carbocycles. The van der Waals surface area contributed by atoms with E-state index in [2.05, 4.69) is 6.07 Å². The molecule has 0 amide bonds. The molecule has 0 radical (unpaired) electrons. The summed E-state index contributed by atoms with van der Waals surface area (Å²) in [5, 5.41) is 0. The molecule has 2 N–H and O–H groups in total.